The fourth-order valence-corrected chi connectivity index (χ4v) is 1.51. The Morgan fingerprint density at radius 3 is 2.33 bits per heavy atom. The largest absolute Gasteiger partial charge is 0.507 e. The van der Waals surface area contributed by atoms with Crippen LogP contribution in [0.4, 0.5) is 17.6 Å². The van der Waals surface area contributed by atoms with E-state index in [1.807, 2.05) is 0 Å². The van der Waals surface area contributed by atoms with Crippen molar-refractivity contribution < 1.29 is 22.7 Å². The zero-order valence-electron chi connectivity index (χ0n) is 8.92. The van der Waals surface area contributed by atoms with Crippen molar-refractivity contribution in [3.05, 3.63) is 53.8 Å². The van der Waals surface area contributed by atoms with Gasteiger partial charge in [0, 0.05) is 11.6 Å². The molecule has 0 unspecified atom stereocenters. The summed E-state index contributed by atoms with van der Waals surface area (Å²) in [7, 11) is 0. The van der Waals surface area contributed by atoms with Gasteiger partial charge in [0.1, 0.15) is 11.6 Å². The molecule has 0 aliphatic carbocycles. The van der Waals surface area contributed by atoms with E-state index in [1.54, 1.807) is 0 Å². The highest BCUT2D eigenvalue weighted by Gasteiger charge is 2.31. The van der Waals surface area contributed by atoms with Gasteiger partial charge in [0.25, 0.3) is 0 Å². The Morgan fingerprint density at radius 1 is 1.06 bits per heavy atom. The van der Waals surface area contributed by atoms with Gasteiger partial charge >= 0.3 is 6.18 Å². The average molecular weight is 255 g/mol. The number of hydrogen-bond donors (Lipinski definition) is 1. The second kappa shape index (κ2) is 4.33. The van der Waals surface area contributed by atoms with Crippen molar-refractivity contribution in [2.45, 2.75) is 6.18 Å². The molecule has 0 spiro atoms. The number of phenols is 1. The Bertz CT molecular complexity index is 558. The third kappa shape index (κ3) is 2.45. The SMILES string of the molecule is Oc1[c]cc(-c2cc(C(F)(F)F)ccc2F)cc1. The van der Waals surface area contributed by atoms with Crippen LogP contribution in [0, 0.1) is 11.9 Å². The molecule has 0 bridgehead atoms. The number of rotatable bonds is 1. The van der Waals surface area contributed by atoms with Crippen molar-refractivity contribution in [2.75, 3.05) is 0 Å². The first-order chi connectivity index (χ1) is 8.38. The Hall–Kier alpha value is -2.04. The van der Waals surface area contributed by atoms with E-state index in [2.05, 4.69) is 6.07 Å². The Kier molecular flexibility index (Phi) is 2.98. The molecular formula is C13H7F4O. The minimum absolute atomic E-state index is 0.161. The Labute approximate surface area is 100 Å². The Morgan fingerprint density at radius 2 is 1.78 bits per heavy atom. The number of alkyl halides is 3. The van der Waals surface area contributed by atoms with E-state index in [4.69, 9.17) is 5.11 Å². The van der Waals surface area contributed by atoms with Crippen molar-refractivity contribution in [2.24, 2.45) is 0 Å². The molecule has 1 N–H and O–H groups in total. The van der Waals surface area contributed by atoms with Crippen LogP contribution in [0.1, 0.15) is 5.56 Å². The molecule has 0 fully saturated rings. The maximum atomic E-state index is 13.5. The maximum Gasteiger partial charge on any atom is 0.416 e. The summed E-state index contributed by atoms with van der Waals surface area (Å²) >= 11 is 0. The number of hydrogen-bond acceptors (Lipinski definition) is 1. The molecule has 0 amide bonds. The first kappa shape index (κ1) is 12.4. The van der Waals surface area contributed by atoms with Gasteiger partial charge in [-0.1, -0.05) is 6.07 Å². The summed E-state index contributed by atoms with van der Waals surface area (Å²) in [5.41, 5.74) is -0.885. The van der Waals surface area contributed by atoms with Gasteiger partial charge in [-0.05, 0) is 35.9 Å². The number of benzene rings is 2. The van der Waals surface area contributed by atoms with Crippen LogP contribution in [0.25, 0.3) is 11.1 Å². The van der Waals surface area contributed by atoms with Crippen LogP contribution < -0.4 is 0 Å². The second-order valence-corrected chi connectivity index (χ2v) is 3.65. The maximum absolute atomic E-state index is 13.5. The van der Waals surface area contributed by atoms with Gasteiger partial charge in [-0.3, -0.25) is 0 Å². The highest BCUT2D eigenvalue weighted by molar-refractivity contribution is 5.65. The van der Waals surface area contributed by atoms with Gasteiger partial charge in [-0.15, -0.1) is 0 Å². The molecule has 0 atom stereocenters. The fraction of sp³-hybridized carbons (Fsp3) is 0.0769. The van der Waals surface area contributed by atoms with Crippen LogP contribution in [0.15, 0.2) is 36.4 Å². The van der Waals surface area contributed by atoms with Crippen molar-refractivity contribution in [1.82, 2.24) is 0 Å². The minimum Gasteiger partial charge on any atom is -0.507 e. The van der Waals surface area contributed by atoms with E-state index in [0.717, 1.165) is 12.1 Å². The molecule has 0 aromatic heterocycles. The van der Waals surface area contributed by atoms with Gasteiger partial charge in [0.05, 0.1) is 5.56 Å². The summed E-state index contributed by atoms with van der Waals surface area (Å²) in [6.07, 6.45) is -4.52. The topological polar surface area (TPSA) is 20.2 Å². The van der Waals surface area contributed by atoms with Crippen LogP contribution in [0.2, 0.25) is 0 Å². The van der Waals surface area contributed by atoms with Crippen molar-refractivity contribution >= 4 is 0 Å². The molecular weight excluding hydrogens is 248 g/mol. The van der Waals surface area contributed by atoms with Crippen LogP contribution in [0.5, 0.6) is 5.75 Å². The summed E-state index contributed by atoms with van der Waals surface area (Å²) in [5, 5.41) is 9.03. The van der Waals surface area contributed by atoms with E-state index >= 15 is 0 Å². The van der Waals surface area contributed by atoms with Crippen LogP contribution in [0.3, 0.4) is 0 Å². The molecule has 0 aliphatic heterocycles. The van der Waals surface area contributed by atoms with E-state index in [9.17, 15) is 17.6 Å². The molecule has 2 aromatic rings. The van der Waals surface area contributed by atoms with Gasteiger partial charge in [0.2, 0.25) is 0 Å². The second-order valence-electron chi connectivity index (χ2n) is 3.65. The van der Waals surface area contributed by atoms with Crippen LogP contribution in [-0.2, 0) is 6.18 Å². The van der Waals surface area contributed by atoms with Crippen molar-refractivity contribution in [3.8, 4) is 16.9 Å². The number of aromatic hydroxyl groups is 1. The molecule has 93 valence electrons. The van der Waals surface area contributed by atoms with Crippen molar-refractivity contribution in [1.29, 1.82) is 0 Å². The normalized spacial score (nSPS) is 11.6. The van der Waals surface area contributed by atoms with E-state index < -0.39 is 17.6 Å². The highest BCUT2D eigenvalue weighted by Crippen LogP contribution is 2.33. The molecule has 18 heavy (non-hydrogen) atoms. The zero-order valence-corrected chi connectivity index (χ0v) is 8.92. The third-order valence-electron chi connectivity index (χ3n) is 2.40. The van der Waals surface area contributed by atoms with Gasteiger partial charge in [-0.25, -0.2) is 4.39 Å². The predicted molar refractivity (Wildman–Crippen MR) is 57.3 cm³/mol. The highest BCUT2D eigenvalue weighted by atomic mass is 19.4. The summed E-state index contributed by atoms with van der Waals surface area (Å²) in [4.78, 5) is 0. The minimum atomic E-state index is -4.52. The lowest BCUT2D eigenvalue weighted by atomic mass is 10.0. The summed E-state index contributed by atoms with van der Waals surface area (Å²) in [6, 6.07) is 8.36. The standard InChI is InChI=1S/C13H7F4O/c14-12-6-3-9(13(15,16)17)7-11(12)8-1-4-10(18)5-2-8/h1-4,6-7,18H. The zero-order chi connectivity index (χ0) is 13.3. The summed E-state index contributed by atoms with van der Waals surface area (Å²) in [5.74, 6) is -0.923. The monoisotopic (exact) mass is 255 g/mol. The van der Waals surface area contributed by atoms with E-state index in [1.165, 1.54) is 18.2 Å². The average Bonchev–Trinajstić information content (AvgIpc) is 2.29. The van der Waals surface area contributed by atoms with E-state index in [0.29, 0.717) is 6.07 Å². The summed E-state index contributed by atoms with van der Waals surface area (Å²) < 4.78 is 51.0. The molecule has 0 aliphatic rings. The lowest BCUT2D eigenvalue weighted by molar-refractivity contribution is -0.137. The van der Waals surface area contributed by atoms with Gasteiger partial charge in [-0.2, -0.15) is 13.2 Å². The molecule has 0 heterocycles. The lowest BCUT2D eigenvalue weighted by Crippen LogP contribution is -2.05. The first-order valence-electron chi connectivity index (χ1n) is 4.96. The smallest absolute Gasteiger partial charge is 0.416 e. The fourth-order valence-electron chi connectivity index (χ4n) is 1.51. The van der Waals surface area contributed by atoms with Crippen molar-refractivity contribution in [3.63, 3.8) is 0 Å². The quantitative estimate of drug-likeness (QED) is 0.763. The van der Waals surface area contributed by atoms with Crippen LogP contribution >= 0.6 is 0 Å². The molecule has 5 heteroatoms. The van der Waals surface area contributed by atoms with Gasteiger partial charge < -0.3 is 5.11 Å². The molecule has 0 saturated heterocycles. The van der Waals surface area contributed by atoms with E-state index in [-0.39, 0.29) is 16.9 Å². The Balaban J connectivity index is 2.53. The number of halogens is 4. The predicted octanol–water partition coefficient (Wildman–Crippen LogP) is 4.02. The first-order valence-corrected chi connectivity index (χ1v) is 4.96. The third-order valence-corrected chi connectivity index (χ3v) is 2.40. The molecule has 1 radical (unpaired) electrons. The molecule has 2 rings (SSSR count). The summed E-state index contributed by atoms with van der Waals surface area (Å²) in [6.45, 7) is 0. The molecule has 2 aromatic carbocycles. The molecule has 0 saturated carbocycles. The molecule has 1 nitrogen and oxygen atoms in total. The van der Waals surface area contributed by atoms with Crippen LogP contribution in [-0.4, -0.2) is 5.11 Å². The van der Waals surface area contributed by atoms with Gasteiger partial charge in [0.15, 0.2) is 0 Å². The lowest BCUT2D eigenvalue weighted by Gasteiger charge is -2.10. The number of phenolic OH excluding ortho intramolecular Hbond substituents is 1.